The first-order valence-corrected chi connectivity index (χ1v) is 5.70. The van der Waals surface area contributed by atoms with Crippen molar-refractivity contribution < 1.29 is 9.84 Å². The SMILES string of the molecule is COc1cccc(N2CCC(CO)CC2)n1. The van der Waals surface area contributed by atoms with Crippen molar-refractivity contribution in [1.29, 1.82) is 0 Å². The molecule has 0 saturated carbocycles. The molecular weight excluding hydrogens is 204 g/mol. The predicted octanol–water partition coefficient (Wildman–Crippen LogP) is 1.30. The average Bonchev–Trinajstić information content (AvgIpc) is 2.39. The van der Waals surface area contributed by atoms with Crippen molar-refractivity contribution in [2.24, 2.45) is 5.92 Å². The van der Waals surface area contributed by atoms with Crippen LogP contribution in [0.25, 0.3) is 0 Å². The van der Waals surface area contributed by atoms with E-state index < -0.39 is 0 Å². The summed E-state index contributed by atoms with van der Waals surface area (Å²) >= 11 is 0. The number of aliphatic hydroxyl groups is 1. The predicted molar refractivity (Wildman–Crippen MR) is 62.8 cm³/mol. The number of methoxy groups -OCH3 is 1. The van der Waals surface area contributed by atoms with Gasteiger partial charge in [0.05, 0.1) is 7.11 Å². The van der Waals surface area contributed by atoms with E-state index >= 15 is 0 Å². The van der Waals surface area contributed by atoms with Gasteiger partial charge in [0.15, 0.2) is 0 Å². The van der Waals surface area contributed by atoms with Gasteiger partial charge in [0.25, 0.3) is 0 Å². The second kappa shape index (κ2) is 5.16. The minimum absolute atomic E-state index is 0.305. The van der Waals surface area contributed by atoms with Crippen LogP contribution < -0.4 is 9.64 Å². The summed E-state index contributed by atoms with van der Waals surface area (Å²) < 4.78 is 5.11. The Labute approximate surface area is 95.9 Å². The Balaban J connectivity index is 2.02. The molecule has 2 rings (SSSR count). The van der Waals surface area contributed by atoms with Gasteiger partial charge in [-0.2, -0.15) is 4.98 Å². The van der Waals surface area contributed by atoms with E-state index in [9.17, 15) is 0 Å². The van der Waals surface area contributed by atoms with Gasteiger partial charge in [0, 0.05) is 25.8 Å². The van der Waals surface area contributed by atoms with E-state index in [1.165, 1.54) is 0 Å². The molecule has 0 radical (unpaired) electrons. The quantitative estimate of drug-likeness (QED) is 0.837. The van der Waals surface area contributed by atoms with Gasteiger partial charge >= 0.3 is 0 Å². The second-order valence-electron chi connectivity index (χ2n) is 4.15. The molecule has 0 spiro atoms. The minimum Gasteiger partial charge on any atom is -0.481 e. The van der Waals surface area contributed by atoms with E-state index in [1.54, 1.807) is 7.11 Å². The van der Waals surface area contributed by atoms with Crippen LogP contribution in [0.4, 0.5) is 5.82 Å². The highest BCUT2D eigenvalue weighted by molar-refractivity contribution is 5.40. The molecule has 1 aliphatic rings. The van der Waals surface area contributed by atoms with Gasteiger partial charge in [-0.25, -0.2) is 0 Å². The molecule has 0 bridgehead atoms. The van der Waals surface area contributed by atoms with Crippen LogP contribution in [0.5, 0.6) is 5.88 Å². The Morgan fingerprint density at radius 2 is 2.19 bits per heavy atom. The maximum atomic E-state index is 9.08. The van der Waals surface area contributed by atoms with Crippen molar-refractivity contribution >= 4 is 5.82 Å². The lowest BCUT2D eigenvalue weighted by atomic mass is 9.98. The normalized spacial score (nSPS) is 17.5. The van der Waals surface area contributed by atoms with Crippen LogP contribution in [0, 0.1) is 5.92 Å². The van der Waals surface area contributed by atoms with Crippen molar-refractivity contribution in [3.8, 4) is 5.88 Å². The smallest absolute Gasteiger partial charge is 0.214 e. The van der Waals surface area contributed by atoms with E-state index in [2.05, 4.69) is 9.88 Å². The molecule has 1 N–H and O–H groups in total. The van der Waals surface area contributed by atoms with Gasteiger partial charge in [-0.1, -0.05) is 6.07 Å². The van der Waals surface area contributed by atoms with E-state index in [0.29, 0.717) is 18.4 Å². The number of pyridine rings is 1. The third-order valence-corrected chi connectivity index (χ3v) is 3.11. The molecule has 88 valence electrons. The monoisotopic (exact) mass is 222 g/mol. The van der Waals surface area contributed by atoms with Crippen molar-refractivity contribution in [1.82, 2.24) is 4.98 Å². The van der Waals surface area contributed by atoms with Gasteiger partial charge in [0.1, 0.15) is 5.82 Å². The summed E-state index contributed by atoms with van der Waals surface area (Å²) in [6, 6.07) is 5.81. The first-order chi connectivity index (χ1) is 7.83. The molecule has 1 fully saturated rings. The first-order valence-electron chi connectivity index (χ1n) is 5.70. The standard InChI is InChI=1S/C12H18N2O2/c1-16-12-4-2-3-11(13-12)14-7-5-10(9-15)6-8-14/h2-4,10,15H,5-9H2,1H3. The van der Waals surface area contributed by atoms with Gasteiger partial charge in [-0.3, -0.25) is 0 Å². The van der Waals surface area contributed by atoms with E-state index in [-0.39, 0.29) is 0 Å². The van der Waals surface area contributed by atoms with Crippen molar-refractivity contribution in [3.63, 3.8) is 0 Å². The Bertz CT molecular complexity index is 336. The highest BCUT2D eigenvalue weighted by Gasteiger charge is 2.19. The number of hydrogen-bond acceptors (Lipinski definition) is 4. The number of hydrogen-bond donors (Lipinski definition) is 1. The van der Waals surface area contributed by atoms with Crippen LogP contribution in [0.1, 0.15) is 12.8 Å². The first kappa shape index (κ1) is 11.2. The lowest BCUT2D eigenvalue weighted by Gasteiger charge is -2.32. The van der Waals surface area contributed by atoms with E-state index in [1.807, 2.05) is 18.2 Å². The summed E-state index contributed by atoms with van der Waals surface area (Å²) in [5.41, 5.74) is 0. The van der Waals surface area contributed by atoms with Gasteiger partial charge in [0.2, 0.25) is 5.88 Å². The molecule has 2 heterocycles. The van der Waals surface area contributed by atoms with Crippen LogP contribution in [0.3, 0.4) is 0 Å². The summed E-state index contributed by atoms with van der Waals surface area (Å²) in [6.07, 6.45) is 2.07. The highest BCUT2D eigenvalue weighted by atomic mass is 16.5. The van der Waals surface area contributed by atoms with Crippen molar-refractivity contribution in [2.45, 2.75) is 12.8 Å². The molecule has 1 saturated heterocycles. The van der Waals surface area contributed by atoms with Gasteiger partial charge in [-0.05, 0) is 24.8 Å². The van der Waals surface area contributed by atoms with Crippen LogP contribution >= 0.6 is 0 Å². The summed E-state index contributed by atoms with van der Waals surface area (Å²) in [7, 11) is 1.63. The van der Waals surface area contributed by atoms with Crippen LogP contribution in [-0.4, -0.2) is 36.9 Å². The zero-order valence-corrected chi connectivity index (χ0v) is 9.59. The summed E-state index contributed by atoms with van der Waals surface area (Å²) in [4.78, 5) is 6.65. The number of anilines is 1. The van der Waals surface area contributed by atoms with E-state index in [4.69, 9.17) is 9.84 Å². The number of aromatic nitrogens is 1. The molecule has 1 aliphatic heterocycles. The maximum Gasteiger partial charge on any atom is 0.214 e. The van der Waals surface area contributed by atoms with Crippen LogP contribution in [-0.2, 0) is 0 Å². The van der Waals surface area contributed by atoms with Crippen molar-refractivity contribution in [3.05, 3.63) is 18.2 Å². The second-order valence-corrected chi connectivity index (χ2v) is 4.15. The third-order valence-electron chi connectivity index (χ3n) is 3.11. The average molecular weight is 222 g/mol. The molecule has 0 aliphatic carbocycles. The number of rotatable bonds is 3. The summed E-state index contributed by atoms with van der Waals surface area (Å²) in [6.45, 7) is 2.23. The molecule has 1 aromatic rings. The Morgan fingerprint density at radius 1 is 1.44 bits per heavy atom. The summed E-state index contributed by atoms with van der Waals surface area (Å²) in [5, 5.41) is 9.08. The van der Waals surface area contributed by atoms with Crippen LogP contribution in [0.15, 0.2) is 18.2 Å². The summed E-state index contributed by atoms with van der Waals surface area (Å²) in [5.74, 6) is 2.08. The lowest BCUT2D eigenvalue weighted by Crippen LogP contribution is -2.35. The molecule has 0 atom stereocenters. The number of nitrogens with zero attached hydrogens (tertiary/aromatic N) is 2. The molecule has 4 nitrogen and oxygen atoms in total. The lowest BCUT2D eigenvalue weighted by molar-refractivity contribution is 0.202. The number of aliphatic hydroxyl groups excluding tert-OH is 1. The fourth-order valence-electron chi connectivity index (χ4n) is 2.04. The Hall–Kier alpha value is -1.29. The van der Waals surface area contributed by atoms with Crippen LogP contribution in [0.2, 0.25) is 0 Å². The molecule has 16 heavy (non-hydrogen) atoms. The van der Waals surface area contributed by atoms with E-state index in [0.717, 1.165) is 31.7 Å². The topological polar surface area (TPSA) is 45.6 Å². The molecule has 1 aromatic heterocycles. The molecule has 0 unspecified atom stereocenters. The largest absolute Gasteiger partial charge is 0.481 e. The van der Waals surface area contributed by atoms with Gasteiger partial charge in [-0.15, -0.1) is 0 Å². The number of ether oxygens (including phenoxy) is 1. The fraction of sp³-hybridized carbons (Fsp3) is 0.583. The molecule has 0 amide bonds. The molecule has 0 aromatic carbocycles. The van der Waals surface area contributed by atoms with Gasteiger partial charge < -0.3 is 14.7 Å². The molecular formula is C12H18N2O2. The third kappa shape index (κ3) is 2.44. The highest BCUT2D eigenvalue weighted by Crippen LogP contribution is 2.22. The zero-order chi connectivity index (χ0) is 11.4. The minimum atomic E-state index is 0.305. The van der Waals surface area contributed by atoms with Crippen molar-refractivity contribution in [2.75, 3.05) is 31.7 Å². The Kier molecular flexibility index (Phi) is 3.62. The number of piperidine rings is 1. The zero-order valence-electron chi connectivity index (χ0n) is 9.59. The Morgan fingerprint density at radius 3 is 2.81 bits per heavy atom. The maximum absolute atomic E-state index is 9.08. The fourth-order valence-corrected chi connectivity index (χ4v) is 2.04. The molecule has 4 heteroatoms.